The number of carbonyl (C=O) groups is 2. The number of nitrogens with zero attached hydrogens (tertiary/aromatic N) is 2. The van der Waals surface area contributed by atoms with Gasteiger partial charge in [0.2, 0.25) is 5.91 Å². The highest BCUT2D eigenvalue weighted by Gasteiger charge is 2.60. The van der Waals surface area contributed by atoms with Crippen molar-refractivity contribution in [2.24, 2.45) is 5.92 Å². The first kappa shape index (κ1) is 20.5. The van der Waals surface area contributed by atoms with E-state index in [0.717, 1.165) is 20.6 Å². The normalized spacial score (nSPS) is 22.9. The van der Waals surface area contributed by atoms with Crippen LogP contribution in [0.4, 0.5) is 11.4 Å². The Labute approximate surface area is 197 Å². The fraction of sp³-hybridized carbons (Fsp3) is 0.130. The number of hydroxylamine groups is 1. The molecule has 31 heavy (non-hydrogen) atoms. The molecule has 3 aromatic carbocycles. The summed E-state index contributed by atoms with van der Waals surface area (Å²) in [7, 11) is 0. The van der Waals surface area contributed by atoms with Crippen molar-refractivity contribution in [3.8, 4) is 0 Å². The molecule has 0 unspecified atom stereocenters. The Bertz CT molecular complexity index is 1190. The van der Waals surface area contributed by atoms with Crippen LogP contribution in [-0.4, -0.2) is 17.9 Å². The molecule has 8 heteroatoms. The summed E-state index contributed by atoms with van der Waals surface area (Å²) in [4.78, 5) is 34.1. The van der Waals surface area contributed by atoms with Crippen molar-refractivity contribution in [1.82, 2.24) is 0 Å². The fourth-order valence-corrected chi connectivity index (χ4v) is 4.83. The van der Waals surface area contributed by atoms with Gasteiger partial charge in [0.25, 0.3) is 5.91 Å². The number of imide groups is 1. The summed E-state index contributed by atoms with van der Waals surface area (Å²) < 4.78 is 0.875. The molecule has 2 fully saturated rings. The second kappa shape index (κ2) is 7.95. The van der Waals surface area contributed by atoms with Gasteiger partial charge < -0.3 is 0 Å². The molecule has 3 atom stereocenters. The third-order valence-electron chi connectivity index (χ3n) is 5.48. The van der Waals surface area contributed by atoms with Gasteiger partial charge in [0.15, 0.2) is 6.10 Å². The highest BCUT2D eigenvalue weighted by molar-refractivity contribution is 9.10. The molecule has 3 aromatic rings. The van der Waals surface area contributed by atoms with E-state index in [2.05, 4.69) is 15.9 Å². The molecule has 0 spiro atoms. The Morgan fingerprint density at radius 3 is 2.29 bits per heavy atom. The van der Waals surface area contributed by atoms with Gasteiger partial charge in [0.05, 0.1) is 27.5 Å². The van der Waals surface area contributed by atoms with E-state index in [0.29, 0.717) is 10.7 Å². The maximum Gasteiger partial charge on any atom is 0.266 e. The van der Waals surface area contributed by atoms with Crippen LogP contribution in [0.5, 0.6) is 0 Å². The van der Waals surface area contributed by atoms with E-state index in [1.807, 2.05) is 54.6 Å². The lowest BCUT2D eigenvalue weighted by molar-refractivity contribution is -0.126. The van der Waals surface area contributed by atoms with Crippen LogP contribution in [0.25, 0.3) is 0 Å². The van der Waals surface area contributed by atoms with Crippen molar-refractivity contribution in [2.45, 2.75) is 12.1 Å². The minimum atomic E-state index is -0.939. The molecule has 0 bridgehead atoms. The number of hydrogen-bond acceptors (Lipinski definition) is 4. The summed E-state index contributed by atoms with van der Waals surface area (Å²) in [5.41, 5.74) is 2.01. The van der Waals surface area contributed by atoms with E-state index in [1.165, 1.54) is 6.07 Å². The minimum absolute atomic E-state index is 0.271. The van der Waals surface area contributed by atoms with Crippen LogP contribution >= 0.6 is 39.1 Å². The lowest BCUT2D eigenvalue weighted by atomic mass is 9.90. The zero-order valence-electron chi connectivity index (χ0n) is 15.9. The molecule has 2 aliphatic rings. The SMILES string of the molecule is O=C1[C@H]2[C@@H](c3cccc(Br)c3)N(c3ccccc3)O[C@H]2C(=O)N1c1ccc(Cl)c(Cl)c1. The van der Waals surface area contributed by atoms with E-state index < -0.39 is 24.0 Å². The van der Waals surface area contributed by atoms with Crippen LogP contribution in [0.3, 0.4) is 0 Å². The van der Waals surface area contributed by atoms with Gasteiger partial charge in [-0.1, -0.05) is 69.5 Å². The first-order valence-corrected chi connectivity index (χ1v) is 11.1. The highest BCUT2D eigenvalue weighted by atomic mass is 79.9. The quantitative estimate of drug-likeness (QED) is 0.411. The molecule has 0 saturated carbocycles. The van der Waals surface area contributed by atoms with Crippen molar-refractivity contribution < 1.29 is 14.4 Å². The zero-order valence-corrected chi connectivity index (χ0v) is 19.0. The lowest BCUT2D eigenvalue weighted by Gasteiger charge is -2.29. The van der Waals surface area contributed by atoms with Gasteiger partial charge in [0, 0.05) is 4.47 Å². The van der Waals surface area contributed by atoms with Gasteiger partial charge in [-0.2, -0.15) is 0 Å². The van der Waals surface area contributed by atoms with E-state index >= 15 is 0 Å². The van der Waals surface area contributed by atoms with Crippen LogP contribution in [0.2, 0.25) is 10.0 Å². The molecular weight excluding hydrogens is 503 g/mol. The third kappa shape index (κ3) is 3.44. The van der Waals surface area contributed by atoms with Gasteiger partial charge in [-0.15, -0.1) is 0 Å². The average molecular weight is 518 g/mol. The van der Waals surface area contributed by atoms with Crippen molar-refractivity contribution in [2.75, 3.05) is 9.96 Å². The minimum Gasteiger partial charge on any atom is -0.273 e. The van der Waals surface area contributed by atoms with Crippen molar-refractivity contribution in [3.63, 3.8) is 0 Å². The van der Waals surface area contributed by atoms with Gasteiger partial charge >= 0.3 is 0 Å². The molecule has 2 amide bonds. The maximum absolute atomic E-state index is 13.6. The van der Waals surface area contributed by atoms with Crippen LogP contribution in [0.15, 0.2) is 77.3 Å². The number of para-hydroxylation sites is 1. The Morgan fingerprint density at radius 2 is 1.58 bits per heavy atom. The van der Waals surface area contributed by atoms with E-state index in [4.69, 9.17) is 28.0 Å². The zero-order chi connectivity index (χ0) is 21.7. The van der Waals surface area contributed by atoms with Crippen LogP contribution < -0.4 is 9.96 Å². The summed E-state index contributed by atoms with van der Waals surface area (Å²) >= 11 is 15.6. The largest absolute Gasteiger partial charge is 0.273 e. The Balaban J connectivity index is 1.59. The number of anilines is 2. The molecule has 5 nitrogen and oxygen atoms in total. The summed E-state index contributed by atoms with van der Waals surface area (Å²) in [5.74, 6) is -1.47. The van der Waals surface area contributed by atoms with Crippen LogP contribution in [-0.2, 0) is 14.4 Å². The summed E-state index contributed by atoms with van der Waals surface area (Å²) in [6.45, 7) is 0. The number of halogens is 3. The predicted molar refractivity (Wildman–Crippen MR) is 123 cm³/mol. The molecule has 0 N–H and O–H groups in total. The van der Waals surface area contributed by atoms with Gasteiger partial charge in [-0.25, -0.2) is 9.96 Å². The van der Waals surface area contributed by atoms with Gasteiger partial charge in [-0.05, 0) is 48.0 Å². The molecule has 0 radical (unpaired) electrons. The Morgan fingerprint density at radius 1 is 0.806 bits per heavy atom. The summed E-state index contributed by atoms with van der Waals surface area (Å²) in [5, 5.41) is 2.29. The molecule has 5 rings (SSSR count). The number of hydrogen-bond donors (Lipinski definition) is 0. The molecule has 2 heterocycles. The molecule has 0 aliphatic carbocycles. The van der Waals surface area contributed by atoms with Crippen LogP contribution in [0.1, 0.15) is 11.6 Å². The monoisotopic (exact) mass is 516 g/mol. The first-order valence-electron chi connectivity index (χ1n) is 9.55. The molecule has 2 saturated heterocycles. The smallest absolute Gasteiger partial charge is 0.266 e. The second-order valence-corrected chi connectivity index (χ2v) is 9.05. The number of fused-ring (bicyclic) bond motifs is 1. The molecule has 156 valence electrons. The predicted octanol–water partition coefficient (Wildman–Crippen LogP) is 5.81. The number of rotatable bonds is 3. The Hall–Kier alpha value is -2.38. The standard InChI is InChI=1S/C23H15BrCl2N2O3/c24-14-6-4-5-13(11-14)20-19-21(31-28(20)15-7-2-1-3-8-15)23(30)27(22(19)29)16-9-10-17(25)18(26)12-16/h1-12,19-21H/t19-,20+,21+/m0/s1. The summed E-state index contributed by atoms with van der Waals surface area (Å²) in [6, 6.07) is 21.3. The van der Waals surface area contributed by atoms with Crippen molar-refractivity contribution in [3.05, 3.63) is 92.9 Å². The number of benzene rings is 3. The molecular formula is C23H15BrCl2N2O3. The van der Waals surface area contributed by atoms with E-state index in [9.17, 15) is 9.59 Å². The maximum atomic E-state index is 13.6. The van der Waals surface area contributed by atoms with E-state index in [-0.39, 0.29) is 10.9 Å². The Kier molecular flexibility index (Phi) is 5.26. The van der Waals surface area contributed by atoms with E-state index in [1.54, 1.807) is 17.2 Å². The van der Waals surface area contributed by atoms with Crippen LogP contribution in [0, 0.1) is 5.92 Å². The third-order valence-corrected chi connectivity index (χ3v) is 6.71. The van der Waals surface area contributed by atoms with Gasteiger partial charge in [0.1, 0.15) is 5.92 Å². The average Bonchev–Trinajstić information content (AvgIpc) is 3.27. The fourth-order valence-electron chi connectivity index (χ4n) is 4.12. The topological polar surface area (TPSA) is 49.9 Å². The summed E-state index contributed by atoms with van der Waals surface area (Å²) in [6.07, 6.45) is -0.939. The number of carbonyl (C=O) groups excluding carboxylic acids is 2. The van der Waals surface area contributed by atoms with Crippen molar-refractivity contribution >= 4 is 62.3 Å². The highest BCUT2D eigenvalue weighted by Crippen LogP contribution is 2.48. The first-order chi connectivity index (χ1) is 15.0. The van der Waals surface area contributed by atoms with Gasteiger partial charge in [-0.3, -0.25) is 14.4 Å². The molecule has 0 aromatic heterocycles. The lowest BCUT2D eigenvalue weighted by Crippen LogP contribution is -2.37. The second-order valence-electron chi connectivity index (χ2n) is 7.32. The number of amides is 2. The molecule has 2 aliphatic heterocycles. The van der Waals surface area contributed by atoms with Crippen molar-refractivity contribution in [1.29, 1.82) is 0 Å².